The molecule has 1 fully saturated rings. The van der Waals surface area contributed by atoms with Crippen molar-refractivity contribution >= 4 is 0 Å². The lowest BCUT2D eigenvalue weighted by molar-refractivity contribution is 0.118. The van der Waals surface area contributed by atoms with Crippen molar-refractivity contribution in [1.29, 1.82) is 0 Å². The molecule has 1 heterocycles. The summed E-state index contributed by atoms with van der Waals surface area (Å²) in [7, 11) is 2.13. The molecule has 1 N–H and O–H groups in total. The van der Waals surface area contributed by atoms with Crippen LogP contribution in [0.5, 0.6) is 0 Å². The smallest absolute Gasteiger partial charge is 0.0477 e. The molecule has 0 unspecified atom stereocenters. The van der Waals surface area contributed by atoms with E-state index in [0.717, 1.165) is 19.5 Å². The van der Waals surface area contributed by atoms with E-state index in [1.54, 1.807) is 0 Å². The van der Waals surface area contributed by atoms with Gasteiger partial charge in [0.1, 0.15) is 0 Å². The van der Waals surface area contributed by atoms with Crippen LogP contribution < -0.4 is 0 Å². The highest BCUT2D eigenvalue weighted by Gasteiger charge is 2.28. The fourth-order valence-corrected chi connectivity index (χ4v) is 2.65. The summed E-state index contributed by atoms with van der Waals surface area (Å²) in [6.45, 7) is 4.55. The van der Waals surface area contributed by atoms with Crippen molar-refractivity contribution < 1.29 is 5.11 Å². The standard InChI is InChI=1S/C14H21NO/c1-11-3-5-12(6-4-11)14-7-8-15(2)9-13(14)10-16/h3-6,13-14,16H,7-10H2,1-2H3/t13-,14-/m1/s1. The monoisotopic (exact) mass is 219 g/mol. The highest BCUT2D eigenvalue weighted by molar-refractivity contribution is 5.25. The van der Waals surface area contributed by atoms with Crippen molar-refractivity contribution in [1.82, 2.24) is 4.90 Å². The number of aryl methyl sites for hydroxylation is 1. The van der Waals surface area contributed by atoms with Gasteiger partial charge in [-0.05, 0) is 38.4 Å². The molecular weight excluding hydrogens is 198 g/mol. The molecule has 2 rings (SSSR count). The summed E-state index contributed by atoms with van der Waals surface area (Å²) in [4.78, 5) is 2.31. The first kappa shape index (κ1) is 11.6. The second-order valence-corrected chi connectivity index (χ2v) is 5.01. The Kier molecular flexibility index (Phi) is 3.62. The van der Waals surface area contributed by atoms with Crippen LogP contribution in [0.15, 0.2) is 24.3 Å². The first-order valence-corrected chi connectivity index (χ1v) is 6.06. The van der Waals surface area contributed by atoms with Crippen LogP contribution >= 0.6 is 0 Å². The maximum Gasteiger partial charge on any atom is 0.0477 e. The van der Waals surface area contributed by atoms with Crippen LogP contribution in [0.3, 0.4) is 0 Å². The van der Waals surface area contributed by atoms with Crippen molar-refractivity contribution in [2.75, 3.05) is 26.7 Å². The Labute approximate surface area is 97.9 Å². The third-order valence-corrected chi connectivity index (χ3v) is 3.68. The van der Waals surface area contributed by atoms with Crippen molar-refractivity contribution in [2.24, 2.45) is 5.92 Å². The normalized spacial score (nSPS) is 26.9. The molecule has 88 valence electrons. The minimum absolute atomic E-state index is 0.295. The largest absolute Gasteiger partial charge is 0.396 e. The van der Waals surface area contributed by atoms with E-state index in [-0.39, 0.29) is 0 Å². The number of aliphatic hydroxyl groups excluding tert-OH is 1. The Hall–Kier alpha value is -0.860. The average molecular weight is 219 g/mol. The number of benzene rings is 1. The Morgan fingerprint density at radius 2 is 2.00 bits per heavy atom. The lowest BCUT2D eigenvalue weighted by Gasteiger charge is -2.36. The zero-order chi connectivity index (χ0) is 11.5. The number of hydrogen-bond acceptors (Lipinski definition) is 2. The molecule has 0 amide bonds. The first-order valence-electron chi connectivity index (χ1n) is 6.06. The summed E-state index contributed by atoms with van der Waals surface area (Å²) in [5.41, 5.74) is 2.69. The number of piperidine rings is 1. The van der Waals surface area contributed by atoms with Gasteiger partial charge in [0.05, 0.1) is 0 Å². The molecule has 0 saturated carbocycles. The number of nitrogens with zero attached hydrogens (tertiary/aromatic N) is 1. The zero-order valence-electron chi connectivity index (χ0n) is 10.2. The van der Waals surface area contributed by atoms with Crippen LogP contribution in [0.4, 0.5) is 0 Å². The highest BCUT2D eigenvalue weighted by Crippen LogP contribution is 2.32. The van der Waals surface area contributed by atoms with Crippen LogP contribution in [-0.4, -0.2) is 36.8 Å². The van der Waals surface area contributed by atoms with Gasteiger partial charge in [-0.3, -0.25) is 0 Å². The van der Waals surface area contributed by atoms with Crippen LogP contribution in [0.1, 0.15) is 23.5 Å². The SMILES string of the molecule is Cc1ccc([C@H]2CCN(C)C[C@@H]2CO)cc1. The minimum atomic E-state index is 0.295. The summed E-state index contributed by atoms with van der Waals surface area (Å²) in [6, 6.07) is 8.77. The lowest BCUT2D eigenvalue weighted by Crippen LogP contribution is -2.38. The summed E-state index contributed by atoms with van der Waals surface area (Å²) < 4.78 is 0. The molecule has 0 spiro atoms. The van der Waals surface area contributed by atoms with Crippen LogP contribution in [-0.2, 0) is 0 Å². The quantitative estimate of drug-likeness (QED) is 0.822. The van der Waals surface area contributed by atoms with Crippen molar-refractivity contribution in [3.05, 3.63) is 35.4 Å². The Balaban J connectivity index is 2.15. The first-order chi connectivity index (χ1) is 7.70. The molecule has 0 aromatic heterocycles. The van der Waals surface area contributed by atoms with Crippen molar-refractivity contribution in [3.8, 4) is 0 Å². The summed E-state index contributed by atoms with van der Waals surface area (Å²) in [5, 5.41) is 9.47. The molecule has 2 atom stereocenters. The lowest BCUT2D eigenvalue weighted by atomic mass is 9.81. The molecule has 1 aliphatic heterocycles. The Bertz CT molecular complexity index is 333. The van der Waals surface area contributed by atoms with Crippen LogP contribution in [0.25, 0.3) is 0 Å². The van der Waals surface area contributed by atoms with Gasteiger partial charge in [0, 0.05) is 19.1 Å². The Morgan fingerprint density at radius 3 is 2.62 bits per heavy atom. The van der Waals surface area contributed by atoms with E-state index in [4.69, 9.17) is 0 Å². The molecule has 2 heteroatoms. The number of rotatable bonds is 2. The van der Waals surface area contributed by atoms with Gasteiger partial charge in [-0.25, -0.2) is 0 Å². The van der Waals surface area contributed by atoms with E-state index in [1.807, 2.05) is 0 Å². The van der Waals surface area contributed by atoms with E-state index in [0.29, 0.717) is 18.4 Å². The summed E-state index contributed by atoms with van der Waals surface area (Å²) in [6.07, 6.45) is 1.16. The predicted octanol–water partition coefficient (Wildman–Crippen LogP) is 2.02. The van der Waals surface area contributed by atoms with Gasteiger partial charge in [-0.1, -0.05) is 29.8 Å². The molecule has 1 aromatic carbocycles. The number of aliphatic hydroxyl groups is 1. The van der Waals surface area contributed by atoms with Gasteiger partial charge >= 0.3 is 0 Å². The molecule has 1 aliphatic rings. The molecule has 16 heavy (non-hydrogen) atoms. The number of likely N-dealkylation sites (tertiary alicyclic amines) is 1. The fraction of sp³-hybridized carbons (Fsp3) is 0.571. The fourth-order valence-electron chi connectivity index (χ4n) is 2.65. The molecule has 0 aliphatic carbocycles. The third kappa shape index (κ3) is 2.45. The van der Waals surface area contributed by atoms with E-state index in [2.05, 4.69) is 43.1 Å². The third-order valence-electron chi connectivity index (χ3n) is 3.68. The highest BCUT2D eigenvalue weighted by atomic mass is 16.3. The number of hydrogen-bond donors (Lipinski definition) is 1. The minimum Gasteiger partial charge on any atom is -0.396 e. The summed E-state index contributed by atoms with van der Waals surface area (Å²) >= 11 is 0. The Morgan fingerprint density at radius 1 is 1.31 bits per heavy atom. The van der Waals surface area contributed by atoms with Gasteiger partial charge in [0.15, 0.2) is 0 Å². The maximum absolute atomic E-state index is 9.47. The van der Waals surface area contributed by atoms with E-state index in [1.165, 1.54) is 11.1 Å². The van der Waals surface area contributed by atoms with Gasteiger partial charge in [0.2, 0.25) is 0 Å². The van der Waals surface area contributed by atoms with Crippen LogP contribution in [0.2, 0.25) is 0 Å². The predicted molar refractivity (Wildman–Crippen MR) is 66.6 cm³/mol. The molecule has 2 nitrogen and oxygen atoms in total. The maximum atomic E-state index is 9.47. The molecular formula is C14H21NO. The second kappa shape index (κ2) is 4.98. The topological polar surface area (TPSA) is 23.5 Å². The van der Waals surface area contributed by atoms with E-state index < -0.39 is 0 Å². The molecule has 0 bridgehead atoms. The molecule has 1 aromatic rings. The van der Waals surface area contributed by atoms with Gasteiger partial charge in [0.25, 0.3) is 0 Å². The zero-order valence-corrected chi connectivity index (χ0v) is 10.2. The van der Waals surface area contributed by atoms with Crippen molar-refractivity contribution in [2.45, 2.75) is 19.3 Å². The van der Waals surface area contributed by atoms with Gasteiger partial charge < -0.3 is 10.0 Å². The van der Waals surface area contributed by atoms with Gasteiger partial charge in [-0.2, -0.15) is 0 Å². The second-order valence-electron chi connectivity index (χ2n) is 5.01. The van der Waals surface area contributed by atoms with E-state index in [9.17, 15) is 5.11 Å². The summed E-state index contributed by atoms with van der Waals surface area (Å²) in [5.74, 6) is 0.920. The average Bonchev–Trinajstić information content (AvgIpc) is 2.30. The van der Waals surface area contributed by atoms with Crippen molar-refractivity contribution in [3.63, 3.8) is 0 Å². The molecule has 1 saturated heterocycles. The van der Waals surface area contributed by atoms with E-state index >= 15 is 0 Å². The van der Waals surface area contributed by atoms with Crippen LogP contribution in [0, 0.1) is 12.8 Å². The molecule has 0 radical (unpaired) electrons. The van der Waals surface area contributed by atoms with Gasteiger partial charge in [-0.15, -0.1) is 0 Å².